The highest BCUT2D eigenvalue weighted by Crippen LogP contribution is 2.41. The molecule has 0 atom stereocenters. The molecule has 0 radical (unpaired) electrons. The lowest BCUT2D eigenvalue weighted by Crippen LogP contribution is -2.52. The van der Waals surface area contributed by atoms with Crippen LogP contribution in [0.5, 0.6) is 0 Å². The molecule has 2 saturated carbocycles. The molecule has 0 aromatic heterocycles. The molecule has 1 heterocycles. The Balaban J connectivity index is 1.24. The van der Waals surface area contributed by atoms with Crippen LogP contribution in [-0.2, 0) is 15.0 Å². The fourth-order valence-electron chi connectivity index (χ4n) is 5.51. The average molecular weight is 416 g/mol. The maximum absolute atomic E-state index is 13.3. The van der Waals surface area contributed by atoms with Crippen molar-refractivity contribution in [2.24, 2.45) is 5.92 Å². The van der Waals surface area contributed by atoms with Crippen molar-refractivity contribution >= 4 is 11.8 Å². The summed E-state index contributed by atoms with van der Waals surface area (Å²) in [6, 6.07) is 6.44. The van der Waals surface area contributed by atoms with E-state index in [0.717, 1.165) is 76.8 Å². The Morgan fingerprint density at radius 3 is 2.23 bits per heavy atom. The van der Waals surface area contributed by atoms with Crippen molar-refractivity contribution < 1.29 is 14.0 Å². The van der Waals surface area contributed by atoms with Crippen LogP contribution in [0.4, 0.5) is 4.39 Å². The summed E-state index contributed by atoms with van der Waals surface area (Å²) in [4.78, 5) is 30.0. The first-order valence-corrected chi connectivity index (χ1v) is 11.6. The van der Waals surface area contributed by atoms with Gasteiger partial charge in [0, 0.05) is 45.2 Å². The molecule has 0 spiro atoms. The van der Waals surface area contributed by atoms with Gasteiger partial charge in [-0.2, -0.15) is 0 Å². The van der Waals surface area contributed by atoms with Gasteiger partial charge >= 0.3 is 0 Å². The van der Waals surface area contributed by atoms with Gasteiger partial charge in [-0.1, -0.05) is 37.8 Å². The van der Waals surface area contributed by atoms with Gasteiger partial charge in [0.25, 0.3) is 0 Å². The van der Waals surface area contributed by atoms with Crippen LogP contribution in [-0.4, -0.2) is 60.9 Å². The summed E-state index contributed by atoms with van der Waals surface area (Å²) >= 11 is 0. The van der Waals surface area contributed by atoms with E-state index in [4.69, 9.17) is 0 Å². The molecule has 1 aliphatic heterocycles. The first-order valence-electron chi connectivity index (χ1n) is 11.6. The third-order valence-corrected chi connectivity index (χ3v) is 7.39. The lowest BCUT2D eigenvalue weighted by atomic mass is 9.78. The first kappa shape index (κ1) is 21.3. The minimum absolute atomic E-state index is 0.0710. The quantitative estimate of drug-likeness (QED) is 0.777. The number of nitrogens with one attached hydrogen (secondary N) is 1. The Bertz CT molecular complexity index is 731. The van der Waals surface area contributed by atoms with E-state index in [1.807, 2.05) is 4.90 Å². The number of rotatable bonds is 6. The van der Waals surface area contributed by atoms with Crippen molar-refractivity contribution in [3.05, 3.63) is 35.6 Å². The Kier molecular flexibility index (Phi) is 6.71. The van der Waals surface area contributed by atoms with Crippen LogP contribution in [0.1, 0.15) is 56.9 Å². The van der Waals surface area contributed by atoms with Crippen molar-refractivity contribution in [1.29, 1.82) is 0 Å². The van der Waals surface area contributed by atoms with E-state index in [0.29, 0.717) is 12.5 Å². The van der Waals surface area contributed by atoms with Crippen molar-refractivity contribution in [3.8, 4) is 0 Å². The van der Waals surface area contributed by atoms with Crippen LogP contribution in [0.3, 0.4) is 0 Å². The van der Waals surface area contributed by atoms with E-state index in [1.54, 1.807) is 12.1 Å². The number of carbonyl (C=O) groups excluding carboxylic acids is 2. The molecule has 1 N–H and O–H groups in total. The maximum atomic E-state index is 13.3. The highest BCUT2D eigenvalue weighted by atomic mass is 19.1. The normalized spacial score (nSPS) is 22.4. The van der Waals surface area contributed by atoms with Gasteiger partial charge < -0.3 is 10.2 Å². The summed E-state index contributed by atoms with van der Waals surface area (Å²) in [6.07, 6.45) is 8.20. The summed E-state index contributed by atoms with van der Waals surface area (Å²) in [5, 5.41) is 3.15. The van der Waals surface area contributed by atoms with E-state index in [-0.39, 0.29) is 17.6 Å². The van der Waals surface area contributed by atoms with Gasteiger partial charge in [-0.3, -0.25) is 14.5 Å². The molecule has 30 heavy (non-hydrogen) atoms. The van der Waals surface area contributed by atoms with Crippen LogP contribution >= 0.6 is 0 Å². The van der Waals surface area contributed by atoms with E-state index in [1.165, 1.54) is 25.0 Å². The van der Waals surface area contributed by atoms with Gasteiger partial charge in [-0.15, -0.1) is 0 Å². The summed E-state index contributed by atoms with van der Waals surface area (Å²) in [5.41, 5.74) is 0.415. The van der Waals surface area contributed by atoms with Crippen LogP contribution < -0.4 is 5.32 Å². The van der Waals surface area contributed by atoms with E-state index in [2.05, 4.69) is 10.2 Å². The molecule has 164 valence electrons. The van der Waals surface area contributed by atoms with Gasteiger partial charge in [-0.25, -0.2) is 4.39 Å². The lowest BCUT2D eigenvalue weighted by molar-refractivity contribution is -0.137. The zero-order valence-corrected chi connectivity index (χ0v) is 17.9. The van der Waals surface area contributed by atoms with Crippen molar-refractivity contribution in [2.45, 2.75) is 56.8 Å². The lowest BCUT2D eigenvalue weighted by Gasteiger charge is -2.36. The number of hydrogen-bond donors (Lipinski definition) is 1. The van der Waals surface area contributed by atoms with Gasteiger partial charge in [-0.05, 0) is 43.4 Å². The molecule has 0 unspecified atom stereocenters. The smallest absolute Gasteiger partial charge is 0.230 e. The second-order valence-corrected chi connectivity index (χ2v) is 9.20. The monoisotopic (exact) mass is 415 g/mol. The summed E-state index contributed by atoms with van der Waals surface area (Å²) in [6.45, 7) is 4.75. The summed E-state index contributed by atoms with van der Waals surface area (Å²) < 4.78 is 13.3. The molecule has 1 aromatic rings. The van der Waals surface area contributed by atoms with Crippen LogP contribution in [0.15, 0.2) is 24.3 Å². The van der Waals surface area contributed by atoms with E-state index >= 15 is 0 Å². The molecule has 2 aliphatic carbocycles. The largest absolute Gasteiger partial charge is 0.354 e. The third kappa shape index (κ3) is 4.53. The summed E-state index contributed by atoms with van der Waals surface area (Å²) in [5.74, 6) is 0.410. The highest BCUT2D eigenvalue weighted by Gasteiger charge is 2.42. The van der Waals surface area contributed by atoms with Crippen molar-refractivity contribution in [2.75, 3.05) is 39.3 Å². The molecular formula is C24H34FN3O2. The molecule has 2 amide bonds. The number of benzene rings is 1. The average Bonchev–Trinajstić information content (AvgIpc) is 3.47. The number of carbonyl (C=O) groups is 2. The third-order valence-electron chi connectivity index (χ3n) is 7.39. The molecule has 1 saturated heterocycles. The fourth-order valence-corrected chi connectivity index (χ4v) is 5.51. The SMILES string of the molecule is O=C(C1CCCC1)N1CCN(CCNC(=O)C2(c3ccc(F)cc3)CCCC2)CC1. The molecule has 0 bridgehead atoms. The van der Waals surface area contributed by atoms with Crippen molar-refractivity contribution in [3.63, 3.8) is 0 Å². The van der Waals surface area contributed by atoms with Crippen LogP contribution in [0.2, 0.25) is 0 Å². The minimum atomic E-state index is -0.514. The summed E-state index contributed by atoms with van der Waals surface area (Å²) in [7, 11) is 0. The molecule has 1 aromatic carbocycles. The Labute approximate surface area is 179 Å². The van der Waals surface area contributed by atoms with Gasteiger partial charge in [0.2, 0.25) is 11.8 Å². The molecule has 5 nitrogen and oxygen atoms in total. The number of hydrogen-bond acceptors (Lipinski definition) is 3. The highest BCUT2D eigenvalue weighted by molar-refractivity contribution is 5.88. The van der Waals surface area contributed by atoms with E-state index in [9.17, 15) is 14.0 Å². The van der Waals surface area contributed by atoms with Crippen molar-refractivity contribution in [1.82, 2.24) is 15.1 Å². The first-order chi connectivity index (χ1) is 14.6. The van der Waals surface area contributed by atoms with Crippen LogP contribution in [0.25, 0.3) is 0 Å². The number of halogens is 1. The molecule has 6 heteroatoms. The molecule has 4 rings (SSSR count). The topological polar surface area (TPSA) is 52.7 Å². The van der Waals surface area contributed by atoms with Crippen LogP contribution in [0, 0.1) is 11.7 Å². The zero-order valence-electron chi connectivity index (χ0n) is 17.9. The predicted molar refractivity (Wildman–Crippen MR) is 115 cm³/mol. The minimum Gasteiger partial charge on any atom is -0.354 e. The second-order valence-electron chi connectivity index (χ2n) is 9.20. The Morgan fingerprint density at radius 1 is 0.967 bits per heavy atom. The van der Waals surface area contributed by atoms with E-state index < -0.39 is 5.41 Å². The Morgan fingerprint density at radius 2 is 1.60 bits per heavy atom. The molecular weight excluding hydrogens is 381 g/mol. The second kappa shape index (κ2) is 9.46. The molecule has 3 aliphatic rings. The number of amides is 2. The van der Waals surface area contributed by atoms with Gasteiger partial charge in [0.15, 0.2) is 0 Å². The fraction of sp³-hybridized carbons (Fsp3) is 0.667. The molecule has 3 fully saturated rings. The number of nitrogens with zero attached hydrogens (tertiary/aromatic N) is 2. The standard InChI is InChI=1S/C24H34FN3O2/c25-21-9-7-20(8-10-21)24(11-3-4-12-24)23(30)26-13-14-27-15-17-28(18-16-27)22(29)19-5-1-2-6-19/h7-10,19H,1-6,11-18H2,(H,26,30). The van der Waals surface area contributed by atoms with Gasteiger partial charge in [0.05, 0.1) is 5.41 Å². The predicted octanol–water partition coefficient (Wildman–Crippen LogP) is 3.09. The zero-order chi connectivity index (χ0) is 21.0. The number of piperazine rings is 1. The Hall–Kier alpha value is -1.95. The van der Waals surface area contributed by atoms with Gasteiger partial charge in [0.1, 0.15) is 5.82 Å². The maximum Gasteiger partial charge on any atom is 0.230 e.